The second-order valence-corrected chi connectivity index (χ2v) is 5.83. The molecule has 122 valence electrons. The van der Waals surface area contributed by atoms with Crippen LogP contribution in [0.15, 0.2) is 12.1 Å². The normalized spacial score (nSPS) is 17.6. The van der Waals surface area contributed by atoms with Crippen molar-refractivity contribution in [2.45, 2.75) is 32.7 Å². The number of aromatic nitrogens is 4. The van der Waals surface area contributed by atoms with Crippen LogP contribution in [-0.4, -0.2) is 39.6 Å². The van der Waals surface area contributed by atoms with Gasteiger partial charge in [0.15, 0.2) is 11.5 Å². The summed E-state index contributed by atoms with van der Waals surface area (Å²) in [5.41, 5.74) is 3.73. The number of aryl methyl sites for hydroxylation is 2. The Bertz CT molecular complexity index is 723. The number of hydrogen-bond acceptors (Lipinski definition) is 6. The quantitative estimate of drug-likeness (QED) is 0.806. The van der Waals surface area contributed by atoms with Crippen molar-refractivity contribution in [3.63, 3.8) is 0 Å². The van der Waals surface area contributed by atoms with E-state index in [2.05, 4.69) is 31.9 Å². The number of rotatable bonds is 3. The fourth-order valence-electron chi connectivity index (χ4n) is 3.31. The minimum absolute atomic E-state index is 0.223. The molecule has 23 heavy (non-hydrogen) atoms. The summed E-state index contributed by atoms with van der Waals surface area (Å²) in [6.07, 6.45) is 2.16. The van der Waals surface area contributed by atoms with E-state index in [0.717, 1.165) is 30.9 Å². The molecule has 1 unspecified atom stereocenters. The molecule has 1 aliphatic rings. The summed E-state index contributed by atoms with van der Waals surface area (Å²) in [6, 6.07) is 3.74. The minimum atomic E-state index is -0.471. The van der Waals surface area contributed by atoms with Gasteiger partial charge in [0.25, 0.3) is 0 Å². The van der Waals surface area contributed by atoms with Gasteiger partial charge in [-0.25, -0.2) is 4.79 Å². The Morgan fingerprint density at radius 1 is 1.30 bits per heavy atom. The summed E-state index contributed by atoms with van der Waals surface area (Å²) in [5.74, 6) is 0.309. The van der Waals surface area contributed by atoms with Crippen LogP contribution >= 0.6 is 0 Å². The van der Waals surface area contributed by atoms with Crippen LogP contribution in [0.4, 0.5) is 5.82 Å². The van der Waals surface area contributed by atoms with Crippen LogP contribution in [0.2, 0.25) is 0 Å². The molecule has 2 aromatic heterocycles. The van der Waals surface area contributed by atoms with E-state index in [-0.39, 0.29) is 11.7 Å². The van der Waals surface area contributed by atoms with Crippen molar-refractivity contribution in [1.82, 2.24) is 20.0 Å². The maximum Gasteiger partial charge on any atom is 0.358 e. The third-order valence-corrected chi connectivity index (χ3v) is 4.49. The molecular weight excluding hydrogens is 294 g/mol. The number of hydrogen-bond donors (Lipinski definition) is 0. The lowest BCUT2D eigenvalue weighted by Gasteiger charge is -2.26. The first kappa shape index (κ1) is 15.5. The lowest BCUT2D eigenvalue weighted by atomic mass is 10.0. The monoisotopic (exact) mass is 315 g/mol. The summed E-state index contributed by atoms with van der Waals surface area (Å²) in [7, 11) is 3.30. The molecule has 0 radical (unpaired) electrons. The largest absolute Gasteiger partial charge is 0.464 e. The summed E-state index contributed by atoms with van der Waals surface area (Å²) in [5, 5.41) is 12.7. The molecule has 0 aliphatic carbocycles. The molecule has 0 aromatic carbocycles. The van der Waals surface area contributed by atoms with Gasteiger partial charge in [-0.15, -0.1) is 10.2 Å². The molecule has 1 saturated heterocycles. The van der Waals surface area contributed by atoms with Gasteiger partial charge in [-0.05, 0) is 38.8 Å². The van der Waals surface area contributed by atoms with Gasteiger partial charge in [-0.1, -0.05) is 0 Å². The van der Waals surface area contributed by atoms with Crippen molar-refractivity contribution in [2.24, 2.45) is 7.05 Å². The summed E-state index contributed by atoms with van der Waals surface area (Å²) in [4.78, 5) is 13.7. The molecule has 1 atom stereocenters. The third-order valence-electron chi connectivity index (χ3n) is 4.49. The van der Waals surface area contributed by atoms with E-state index < -0.39 is 5.97 Å². The molecule has 1 fully saturated rings. The summed E-state index contributed by atoms with van der Waals surface area (Å²) < 4.78 is 6.58. The molecular formula is C16H21N5O2. The van der Waals surface area contributed by atoms with E-state index >= 15 is 0 Å². The van der Waals surface area contributed by atoms with Crippen molar-refractivity contribution in [1.29, 1.82) is 0 Å². The third kappa shape index (κ3) is 2.67. The van der Waals surface area contributed by atoms with E-state index in [1.807, 2.05) is 24.7 Å². The highest BCUT2D eigenvalue weighted by Crippen LogP contribution is 2.37. The number of nitrogens with zero attached hydrogens (tertiary/aromatic N) is 5. The van der Waals surface area contributed by atoms with E-state index in [1.54, 1.807) is 6.07 Å². The van der Waals surface area contributed by atoms with Crippen molar-refractivity contribution >= 4 is 11.8 Å². The predicted octanol–water partition coefficient (Wildman–Crippen LogP) is 1.96. The van der Waals surface area contributed by atoms with Crippen LogP contribution in [0.1, 0.15) is 46.3 Å². The van der Waals surface area contributed by atoms with E-state index in [4.69, 9.17) is 0 Å². The molecule has 0 N–H and O–H groups in total. The number of esters is 1. The maximum absolute atomic E-state index is 11.5. The van der Waals surface area contributed by atoms with Gasteiger partial charge < -0.3 is 9.64 Å². The molecule has 0 amide bonds. The first-order chi connectivity index (χ1) is 11.0. The van der Waals surface area contributed by atoms with Crippen LogP contribution in [0, 0.1) is 13.8 Å². The Hall–Kier alpha value is -2.44. The fraction of sp³-hybridized carbons (Fsp3) is 0.500. The second-order valence-electron chi connectivity index (χ2n) is 5.83. The Morgan fingerprint density at radius 2 is 2.09 bits per heavy atom. The zero-order valence-electron chi connectivity index (χ0n) is 13.9. The average Bonchev–Trinajstić information content (AvgIpc) is 3.12. The molecule has 7 heteroatoms. The van der Waals surface area contributed by atoms with Crippen molar-refractivity contribution < 1.29 is 9.53 Å². The molecule has 2 aromatic rings. The second kappa shape index (κ2) is 5.98. The SMILES string of the molecule is COC(=O)c1ccc(N2CCCC2c2c(C)nn(C)c2C)nn1. The predicted molar refractivity (Wildman–Crippen MR) is 85.4 cm³/mol. The van der Waals surface area contributed by atoms with Gasteiger partial charge in [0.2, 0.25) is 0 Å². The van der Waals surface area contributed by atoms with Gasteiger partial charge in [-0.2, -0.15) is 5.10 Å². The van der Waals surface area contributed by atoms with Gasteiger partial charge in [0.05, 0.1) is 18.8 Å². The molecule has 0 saturated carbocycles. The molecule has 7 nitrogen and oxygen atoms in total. The number of anilines is 1. The van der Waals surface area contributed by atoms with Crippen LogP contribution in [-0.2, 0) is 11.8 Å². The molecule has 1 aliphatic heterocycles. The van der Waals surface area contributed by atoms with E-state index in [1.165, 1.54) is 18.4 Å². The van der Waals surface area contributed by atoms with Gasteiger partial charge in [0, 0.05) is 24.8 Å². The number of carbonyl (C=O) groups excluding carboxylic acids is 1. The highest BCUT2D eigenvalue weighted by molar-refractivity contribution is 5.87. The topological polar surface area (TPSA) is 73.1 Å². The van der Waals surface area contributed by atoms with Crippen LogP contribution in [0.5, 0.6) is 0 Å². The van der Waals surface area contributed by atoms with Crippen LogP contribution in [0.25, 0.3) is 0 Å². The Labute approximate surface area is 135 Å². The fourth-order valence-corrected chi connectivity index (χ4v) is 3.31. The Balaban J connectivity index is 1.91. The highest BCUT2D eigenvalue weighted by atomic mass is 16.5. The first-order valence-electron chi connectivity index (χ1n) is 7.71. The molecule has 3 heterocycles. The lowest BCUT2D eigenvalue weighted by molar-refractivity contribution is 0.0592. The van der Waals surface area contributed by atoms with Crippen LogP contribution < -0.4 is 4.90 Å². The standard InChI is InChI=1S/C16H21N5O2/c1-10-15(11(2)20(3)19-10)13-6-5-9-21(13)14-8-7-12(17-18-14)16(22)23-4/h7-8,13H,5-6,9H2,1-4H3. The smallest absolute Gasteiger partial charge is 0.358 e. The summed E-state index contributed by atoms with van der Waals surface area (Å²) >= 11 is 0. The molecule has 0 bridgehead atoms. The minimum Gasteiger partial charge on any atom is -0.464 e. The summed E-state index contributed by atoms with van der Waals surface area (Å²) in [6.45, 7) is 5.06. The molecule has 0 spiro atoms. The maximum atomic E-state index is 11.5. The van der Waals surface area contributed by atoms with Gasteiger partial charge in [0.1, 0.15) is 0 Å². The highest BCUT2D eigenvalue weighted by Gasteiger charge is 2.31. The Kier molecular flexibility index (Phi) is 4.02. The van der Waals surface area contributed by atoms with Crippen molar-refractivity contribution in [3.8, 4) is 0 Å². The number of carbonyl (C=O) groups is 1. The van der Waals surface area contributed by atoms with E-state index in [0.29, 0.717) is 0 Å². The van der Waals surface area contributed by atoms with Crippen LogP contribution in [0.3, 0.4) is 0 Å². The zero-order valence-corrected chi connectivity index (χ0v) is 13.9. The van der Waals surface area contributed by atoms with Gasteiger partial charge >= 0.3 is 5.97 Å². The van der Waals surface area contributed by atoms with Gasteiger partial charge in [-0.3, -0.25) is 4.68 Å². The number of methoxy groups -OCH3 is 1. The molecule has 3 rings (SSSR count). The Morgan fingerprint density at radius 3 is 2.65 bits per heavy atom. The first-order valence-corrected chi connectivity index (χ1v) is 7.71. The van der Waals surface area contributed by atoms with E-state index in [9.17, 15) is 4.79 Å². The average molecular weight is 315 g/mol. The number of ether oxygens (including phenoxy) is 1. The van der Waals surface area contributed by atoms with Crippen molar-refractivity contribution in [3.05, 3.63) is 34.8 Å². The lowest BCUT2D eigenvalue weighted by Crippen LogP contribution is -2.25. The van der Waals surface area contributed by atoms with Crippen molar-refractivity contribution in [2.75, 3.05) is 18.6 Å². The zero-order chi connectivity index (χ0) is 16.6.